The fourth-order valence-corrected chi connectivity index (χ4v) is 1.58. The zero-order valence-corrected chi connectivity index (χ0v) is 10.4. The summed E-state index contributed by atoms with van der Waals surface area (Å²) in [7, 11) is 0. The number of aryl methyl sites for hydroxylation is 2. The highest BCUT2D eigenvalue weighted by Gasteiger charge is 2.11. The number of carbonyl (C=O) groups is 1. The van der Waals surface area contributed by atoms with Crippen molar-refractivity contribution >= 4 is 11.9 Å². The summed E-state index contributed by atoms with van der Waals surface area (Å²) in [4.78, 5) is 13.4. The van der Waals surface area contributed by atoms with Gasteiger partial charge in [-0.25, -0.2) is 0 Å². The molecular formula is C12H15N5O. The Hall–Kier alpha value is -2.24. The van der Waals surface area contributed by atoms with Crippen molar-refractivity contribution < 1.29 is 4.79 Å². The van der Waals surface area contributed by atoms with Crippen molar-refractivity contribution in [1.82, 2.24) is 20.2 Å². The third-order valence-corrected chi connectivity index (χ3v) is 2.49. The molecule has 0 saturated carbocycles. The Morgan fingerprint density at radius 1 is 1.39 bits per heavy atom. The lowest BCUT2D eigenvalue weighted by Gasteiger charge is -2.03. The molecule has 0 radical (unpaired) electrons. The zero-order valence-electron chi connectivity index (χ0n) is 10.4. The van der Waals surface area contributed by atoms with E-state index in [0.29, 0.717) is 12.1 Å². The minimum Gasteiger partial charge on any atom is -0.288 e. The van der Waals surface area contributed by atoms with E-state index in [9.17, 15) is 4.79 Å². The van der Waals surface area contributed by atoms with Crippen LogP contribution in [0.15, 0.2) is 24.3 Å². The maximum Gasteiger partial charge on any atom is 0.270 e. The van der Waals surface area contributed by atoms with Gasteiger partial charge < -0.3 is 0 Å². The first-order chi connectivity index (χ1) is 8.70. The maximum absolute atomic E-state index is 12.0. The third-order valence-electron chi connectivity index (χ3n) is 2.49. The summed E-state index contributed by atoms with van der Waals surface area (Å²) >= 11 is 0. The molecule has 0 saturated heterocycles. The molecule has 1 heterocycles. The van der Waals surface area contributed by atoms with Crippen molar-refractivity contribution in [2.45, 2.75) is 26.8 Å². The smallest absolute Gasteiger partial charge is 0.270 e. The van der Waals surface area contributed by atoms with Gasteiger partial charge in [-0.15, -0.1) is 5.10 Å². The molecule has 0 unspecified atom stereocenters. The largest absolute Gasteiger partial charge is 0.288 e. The van der Waals surface area contributed by atoms with Gasteiger partial charge >= 0.3 is 0 Å². The number of hydrogen-bond acceptors (Lipinski definition) is 4. The van der Waals surface area contributed by atoms with Crippen LogP contribution < -0.4 is 5.32 Å². The van der Waals surface area contributed by atoms with Gasteiger partial charge in [-0.1, -0.05) is 30.2 Å². The SMILES string of the molecule is CCCn1nnc(NC(=O)c2ccccc2C)n1. The molecule has 1 amide bonds. The van der Waals surface area contributed by atoms with Gasteiger partial charge in [0.15, 0.2) is 0 Å². The van der Waals surface area contributed by atoms with Crippen molar-refractivity contribution in [3.8, 4) is 0 Å². The van der Waals surface area contributed by atoms with Crippen LogP contribution in [0.4, 0.5) is 5.95 Å². The van der Waals surface area contributed by atoms with Gasteiger partial charge in [0.2, 0.25) is 0 Å². The molecule has 0 bridgehead atoms. The summed E-state index contributed by atoms with van der Waals surface area (Å²) in [6.07, 6.45) is 0.918. The second kappa shape index (κ2) is 5.39. The molecule has 1 aromatic heterocycles. The van der Waals surface area contributed by atoms with E-state index in [1.54, 1.807) is 6.07 Å². The number of tetrazole rings is 1. The Kier molecular flexibility index (Phi) is 3.66. The molecule has 0 aliphatic carbocycles. The van der Waals surface area contributed by atoms with E-state index in [0.717, 1.165) is 12.0 Å². The Balaban J connectivity index is 2.09. The van der Waals surface area contributed by atoms with E-state index in [-0.39, 0.29) is 11.9 Å². The topological polar surface area (TPSA) is 72.7 Å². The van der Waals surface area contributed by atoms with Gasteiger partial charge in [0.25, 0.3) is 11.9 Å². The van der Waals surface area contributed by atoms with Gasteiger partial charge in [-0.3, -0.25) is 10.1 Å². The van der Waals surface area contributed by atoms with E-state index in [2.05, 4.69) is 20.7 Å². The Morgan fingerprint density at radius 3 is 2.89 bits per heavy atom. The molecule has 18 heavy (non-hydrogen) atoms. The van der Waals surface area contributed by atoms with Crippen molar-refractivity contribution in [1.29, 1.82) is 0 Å². The molecule has 6 nitrogen and oxygen atoms in total. The molecule has 2 rings (SSSR count). The molecule has 1 N–H and O–H groups in total. The number of nitrogens with zero attached hydrogens (tertiary/aromatic N) is 4. The van der Waals surface area contributed by atoms with Crippen LogP contribution in [0, 0.1) is 6.92 Å². The Labute approximate surface area is 105 Å². The summed E-state index contributed by atoms with van der Waals surface area (Å²) in [6, 6.07) is 7.36. The number of carbonyl (C=O) groups excluding carboxylic acids is 1. The van der Waals surface area contributed by atoms with Crippen LogP contribution in [0.25, 0.3) is 0 Å². The molecule has 0 atom stereocenters. The van der Waals surface area contributed by atoms with Gasteiger partial charge in [0.05, 0.1) is 6.54 Å². The molecule has 0 aliphatic heterocycles. The standard InChI is InChI=1S/C12H15N5O/c1-3-8-17-15-12(14-16-17)13-11(18)10-7-5-4-6-9(10)2/h4-7H,3,8H2,1-2H3,(H,13,15,18). The summed E-state index contributed by atoms with van der Waals surface area (Å²) in [5.41, 5.74) is 1.53. The molecule has 1 aromatic carbocycles. The molecular weight excluding hydrogens is 230 g/mol. The van der Waals surface area contributed by atoms with E-state index in [4.69, 9.17) is 0 Å². The number of hydrogen-bond donors (Lipinski definition) is 1. The summed E-state index contributed by atoms with van der Waals surface area (Å²) < 4.78 is 0. The highest BCUT2D eigenvalue weighted by atomic mass is 16.1. The quantitative estimate of drug-likeness (QED) is 0.888. The maximum atomic E-state index is 12.0. The lowest BCUT2D eigenvalue weighted by Crippen LogP contribution is -2.14. The van der Waals surface area contributed by atoms with E-state index >= 15 is 0 Å². The first-order valence-corrected chi connectivity index (χ1v) is 5.85. The number of amides is 1. The van der Waals surface area contributed by atoms with Gasteiger partial charge in [0.1, 0.15) is 0 Å². The van der Waals surface area contributed by atoms with Crippen molar-refractivity contribution in [2.24, 2.45) is 0 Å². The average molecular weight is 245 g/mol. The number of rotatable bonds is 4. The summed E-state index contributed by atoms with van der Waals surface area (Å²) in [6.45, 7) is 4.60. The van der Waals surface area contributed by atoms with Crippen molar-refractivity contribution in [3.05, 3.63) is 35.4 Å². The van der Waals surface area contributed by atoms with Gasteiger partial charge in [0, 0.05) is 5.56 Å². The van der Waals surface area contributed by atoms with Gasteiger partial charge in [-0.2, -0.15) is 4.80 Å². The first kappa shape index (κ1) is 12.2. The number of anilines is 1. The van der Waals surface area contributed by atoms with Crippen molar-refractivity contribution in [2.75, 3.05) is 5.32 Å². The monoisotopic (exact) mass is 245 g/mol. The lowest BCUT2D eigenvalue weighted by atomic mass is 10.1. The third kappa shape index (κ3) is 2.71. The Morgan fingerprint density at radius 2 is 2.17 bits per heavy atom. The number of benzene rings is 1. The number of nitrogens with one attached hydrogen (secondary N) is 1. The minimum absolute atomic E-state index is 0.218. The van der Waals surface area contributed by atoms with Crippen LogP contribution in [0.3, 0.4) is 0 Å². The predicted molar refractivity (Wildman–Crippen MR) is 67.2 cm³/mol. The second-order valence-electron chi connectivity index (χ2n) is 3.98. The fraction of sp³-hybridized carbons (Fsp3) is 0.333. The van der Waals surface area contributed by atoms with Crippen LogP contribution in [-0.4, -0.2) is 26.1 Å². The van der Waals surface area contributed by atoms with E-state index < -0.39 is 0 Å². The summed E-state index contributed by atoms with van der Waals surface area (Å²) in [5.74, 6) is 0.0147. The normalized spacial score (nSPS) is 10.3. The van der Waals surface area contributed by atoms with Crippen molar-refractivity contribution in [3.63, 3.8) is 0 Å². The zero-order chi connectivity index (χ0) is 13.0. The average Bonchev–Trinajstić information content (AvgIpc) is 2.77. The van der Waals surface area contributed by atoms with Gasteiger partial charge in [-0.05, 0) is 30.2 Å². The highest BCUT2D eigenvalue weighted by Crippen LogP contribution is 2.08. The molecule has 0 aliphatic rings. The van der Waals surface area contributed by atoms with Crippen LogP contribution in [0.5, 0.6) is 0 Å². The number of aromatic nitrogens is 4. The molecule has 94 valence electrons. The van der Waals surface area contributed by atoms with E-state index in [1.165, 1.54) is 4.80 Å². The minimum atomic E-state index is -0.218. The van der Waals surface area contributed by atoms with Crippen LogP contribution in [0.2, 0.25) is 0 Å². The Bertz CT molecular complexity index is 549. The molecule has 0 spiro atoms. The van der Waals surface area contributed by atoms with E-state index in [1.807, 2.05) is 32.0 Å². The predicted octanol–water partition coefficient (Wildman–Crippen LogP) is 1.64. The summed E-state index contributed by atoms with van der Waals surface area (Å²) in [5, 5.41) is 14.3. The molecule has 6 heteroatoms. The lowest BCUT2D eigenvalue weighted by molar-refractivity contribution is 0.102. The van der Waals surface area contributed by atoms with Crippen LogP contribution in [-0.2, 0) is 6.54 Å². The highest BCUT2D eigenvalue weighted by molar-refractivity contribution is 6.04. The first-order valence-electron chi connectivity index (χ1n) is 5.85. The second-order valence-corrected chi connectivity index (χ2v) is 3.98. The fourth-order valence-electron chi connectivity index (χ4n) is 1.58. The molecule has 0 fully saturated rings. The molecule has 2 aromatic rings. The van der Waals surface area contributed by atoms with Crippen LogP contribution in [0.1, 0.15) is 29.3 Å². The van der Waals surface area contributed by atoms with Crippen LogP contribution >= 0.6 is 0 Å².